The van der Waals surface area contributed by atoms with E-state index in [2.05, 4.69) is 4.99 Å². The molecule has 2 aliphatic rings. The van der Waals surface area contributed by atoms with Gasteiger partial charge in [0, 0.05) is 30.3 Å². The first-order valence-electron chi connectivity index (χ1n) is 8.10. The van der Waals surface area contributed by atoms with Crippen molar-refractivity contribution in [3.63, 3.8) is 0 Å². The van der Waals surface area contributed by atoms with Gasteiger partial charge >= 0.3 is 5.97 Å². The molecule has 0 spiro atoms. The minimum absolute atomic E-state index is 0.136. The molecule has 25 heavy (non-hydrogen) atoms. The van der Waals surface area contributed by atoms with Gasteiger partial charge < -0.3 is 14.1 Å². The minimum Gasteiger partial charge on any atom is -0.462 e. The maximum Gasteiger partial charge on any atom is 0.363 e. The molecule has 0 saturated carbocycles. The van der Waals surface area contributed by atoms with Gasteiger partial charge in [0.25, 0.3) is 0 Å². The number of aliphatic imine (C=N–C) groups is 1. The number of ether oxygens (including phenoxy) is 1. The van der Waals surface area contributed by atoms with Crippen LogP contribution in [0, 0.1) is 6.92 Å². The molecule has 2 aromatic rings. The third kappa shape index (κ3) is 2.98. The summed E-state index contributed by atoms with van der Waals surface area (Å²) < 4.78 is 10.7. The van der Waals surface area contributed by atoms with Gasteiger partial charge in [-0.25, -0.2) is 9.79 Å². The number of anilines is 1. The Labute approximate surface area is 144 Å². The molecule has 0 N–H and O–H groups in total. The number of hydrogen-bond acceptors (Lipinski definition) is 5. The van der Waals surface area contributed by atoms with Gasteiger partial charge in [0.05, 0.1) is 0 Å². The van der Waals surface area contributed by atoms with Crippen molar-refractivity contribution in [2.45, 2.75) is 19.8 Å². The number of furan rings is 1. The van der Waals surface area contributed by atoms with E-state index in [0.717, 1.165) is 24.4 Å². The lowest BCUT2D eigenvalue weighted by molar-refractivity contribution is -0.130. The number of esters is 1. The lowest BCUT2D eigenvalue weighted by atomic mass is 10.2. The fourth-order valence-electron chi connectivity index (χ4n) is 2.90. The number of benzene rings is 1. The fourth-order valence-corrected chi connectivity index (χ4v) is 2.90. The highest BCUT2D eigenvalue weighted by Gasteiger charge is 2.25. The van der Waals surface area contributed by atoms with Crippen LogP contribution in [0.5, 0.6) is 0 Å². The van der Waals surface area contributed by atoms with Crippen LogP contribution in [0.4, 0.5) is 5.69 Å². The van der Waals surface area contributed by atoms with E-state index in [1.54, 1.807) is 29.2 Å². The van der Waals surface area contributed by atoms with Crippen molar-refractivity contribution in [2.24, 2.45) is 4.99 Å². The maximum absolute atomic E-state index is 12.0. The van der Waals surface area contributed by atoms with Crippen molar-refractivity contribution in [3.05, 3.63) is 59.2 Å². The Morgan fingerprint density at radius 2 is 1.92 bits per heavy atom. The van der Waals surface area contributed by atoms with Crippen molar-refractivity contribution >= 4 is 29.5 Å². The molecule has 0 radical (unpaired) electrons. The minimum atomic E-state index is -0.511. The molecule has 1 amide bonds. The highest BCUT2D eigenvalue weighted by molar-refractivity contribution is 6.12. The number of hydrogen-bond donors (Lipinski definition) is 0. The zero-order valence-electron chi connectivity index (χ0n) is 13.7. The molecule has 0 bridgehead atoms. The second-order valence-electron chi connectivity index (χ2n) is 5.98. The van der Waals surface area contributed by atoms with Gasteiger partial charge in [-0.2, -0.15) is 0 Å². The van der Waals surface area contributed by atoms with E-state index < -0.39 is 5.97 Å². The van der Waals surface area contributed by atoms with Crippen LogP contribution in [-0.4, -0.2) is 24.3 Å². The molecule has 1 saturated heterocycles. The molecule has 0 atom stereocenters. The molecule has 4 rings (SSSR count). The normalized spacial score (nSPS) is 18.8. The van der Waals surface area contributed by atoms with Crippen molar-refractivity contribution in [2.75, 3.05) is 11.4 Å². The molecule has 1 aromatic carbocycles. The SMILES string of the molecule is Cc1ccc(C=C2N=C(c3ccc(N4CCCC4=O)cc3)OC2=O)o1. The summed E-state index contributed by atoms with van der Waals surface area (Å²) in [6.45, 7) is 2.57. The van der Waals surface area contributed by atoms with Crippen LogP contribution in [-0.2, 0) is 14.3 Å². The van der Waals surface area contributed by atoms with Gasteiger partial charge in [0.2, 0.25) is 11.8 Å². The maximum atomic E-state index is 12.0. The Morgan fingerprint density at radius 3 is 2.56 bits per heavy atom. The lowest BCUT2D eigenvalue weighted by Crippen LogP contribution is -2.23. The summed E-state index contributed by atoms with van der Waals surface area (Å²) in [6.07, 6.45) is 3.03. The van der Waals surface area contributed by atoms with Crippen molar-refractivity contribution in [3.8, 4) is 0 Å². The highest BCUT2D eigenvalue weighted by Crippen LogP contribution is 2.24. The predicted octanol–water partition coefficient (Wildman–Crippen LogP) is 3.06. The molecule has 6 heteroatoms. The third-order valence-corrected chi connectivity index (χ3v) is 4.16. The second-order valence-corrected chi connectivity index (χ2v) is 5.98. The van der Waals surface area contributed by atoms with Crippen LogP contribution in [0.1, 0.15) is 29.9 Å². The standard InChI is InChI=1S/C19H16N2O4/c1-12-4-9-15(24-12)11-16-19(23)25-18(20-16)13-5-7-14(8-6-13)21-10-2-3-17(21)22/h4-9,11H,2-3,10H2,1H3. The van der Waals surface area contributed by atoms with E-state index in [4.69, 9.17) is 9.15 Å². The number of carbonyl (C=O) groups is 2. The monoisotopic (exact) mass is 336 g/mol. The number of aryl methyl sites for hydroxylation is 1. The summed E-state index contributed by atoms with van der Waals surface area (Å²) >= 11 is 0. The number of carbonyl (C=O) groups excluding carboxylic acids is 2. The van der Waals surface area contributed by atoms with Gasteiger partial charge in [-0.05, 0) is 49.7 Å². The van der Waals surface area contributed by atoms with E-state index in [0.29, 0.717) is 17.7 Å². The largest absolute Gasteiger partial charge is 0.462 e. The number of nitrogens with zero attached hydrogens (tertiary/aromatic N) is 2. The molecular weight excluding hydrogens is 320 g/mol. The van der Waals surface area contributed by atoms with Gasteiger partial charge in [0.15, 0.2) is 5.70 Å². The van der Waals surface area contributed by atoms with Crippen LogP contribution in [0.25, 0.3) is 6.08 Å². The van der Waals surface area contributed by atoms with Crippen molar-refractivity contribution < 1.29 is 18.7 Å². The fraction of sp³-hybridized carbons (Fsp3) is 0.211. The second kappa shape index (κ2) is 6.05. The Bertz CT molecular complexity index is 906. The zero-order chi connectivity index (χ0) is 17.4. The molecular formula is C19H16N2O4. The predicted molar refractivity (Wildman–Crippen MR) is 92.1 cm³/mol. The summed E-state index contributed by atoms with van der Waals surface area (Å²) in [5.74, 6) is 1.19. The van der Waals surface area contributed by atoms with Crippen LogP contribution in [0.2, 0.25) is 0 Å². The third-order valence-electron chi connectivity index (χ3n) is 4.16. The van der Waals surface area contributed by atoms with Crippen LogP contribution >= 0.6 is 0 Å². The van der Waals surface area contributed by atoms with Crippen molar-refractivity contribution in [1.82, 2.24) is 0 Å². The summed E-state index contributed by atoms with van der Waals surface area (Å²) in [5.41, 5.74) is 1.73. The number of cyclic esters (lactones) is 1. The topological polar surface area (TPSA) is 72.1 Å². The first-order valence-corrected chi connectivity index (χ1v) is 8.10. The van der Waals surface area contributed by atoms with Gasteiger partial charge in [-0.3, -0.25) is 4.79 Å². The molecule has 1 aromatic heterocycles. The van der Waals surface area contributed by atoms with Gasteiger partial charge in [-0.15, -0.1) is 0 Å². The smallest absolute Gasteiger partial charge is 0.363 e. The summed E-state index contributed by atoms with van der Waals surface area (Å²) in [6, 6.07) is 10.9. The van der Waals surface area contributed by atoms with E-state index in [-0.39, 0.29) is 17.5 Å². The summed E-state index contributed by atoms with van der Waals surface area (Å²) in [7, 11) is 0. The van der Waals surface area contributed by atoms with E-state index in [9.17, 15) is 9.59 Å². The molecule has 0 unspecified atom stereocenters. The van der Waals surface area contributed by atoms with Crippen LogP contribution < -0.4 is 4.90 Å². The Kier molecular flexibility index (Phi) is 3.72. The first-order chi connectivity index (χ1) is 12.1. The van der Waals surface area contributed by atoms with Crippen LogP contribution in [0.15, 0.2) is 51.5 Å². The highest BCUT2D eigenvalue weighted by atomic mass is 16.6. The van der Waals surface area contributed by atoms with E-state index in [1.165, 1.54) is 0 Å². The van der Waals surface area contributed by atoms with Gasteiger partial charge in [0.1, 0.15) is 11.5 Å². The Balaban J connectivity index is 1.57. The van der Waals surface area contributed by atoms with Gasteiger partial charge in [-0.1, -0.05) is 0 Å². The summed E-state index contributed by atoms with van der Waals surface area (Å²) in [4.78, 5) is 29.8. The quantitative estimate of drug-likeness (QED) is 0.638. The van der Waals surface area contributed by atoms with E-state index >= 15 is 0 Å². The number of amides is 1. The molecule has 6 nitrogen and oxygen atoms in total. The Hall–Kier alpha value is -3.15. The van der Waals surface area contributed by atoms with Crippen LogP contribution in [0.3, 0.4) is 0 Å². The molecule has 3 heterocycles. The number of rotatable bonds is 3. The molecule has 126 valence electrons. The van der Waals surface area contributed by atoms with Crippen molar-refractivity contribution in [1.29, 1.82) is 0 Å². The Morgan fingerprint density at radius 1 is 1.12 bits per heavy atom. The molecule has 0 aliphatic carbocycles. The average molecular weight is 336 g/mol. The molecule has 1 fully saturated rings. The molecule has 2 aliphatic heterocycles. The first kappa shape index (κ1) is 15.4. The van der Waals surface area contributed by atoms with E-state index in [1.807, 2.05) is 25.1 Å². The average Bonchev–Trinajstić information content (AvgIpc) is 3.30. The zero-order valence-corrected chi connectivity index (χ0v) is 13.7. The lowest BCUT2D eigenvalue weighted by Gasteiger charge is -2.15. The summed E-state index contributed by atoms with van der Waals surface area (Å²) in [5, 5.41) is 0.